The topological polar surface area (TPSA) is 112 Å². The third kappa shape index (κ3) is 4.26. The lowest BCUT2D eigenvalue weighted by molar-refractivity contribution is 0.683. The standard InChI is InChI=1S/C26H23N9/c27-24-22-7-6-20(12-21(22)8-10-28-24)13-29-25-23-14-33-35(26(23)31-17-30-25)16-19-4-2-18(3-5-19)15-34-11-1-9-32-34/h1-12,14,17H,13,15-16H2,(H2,27,28)(H,29,30,31). The first-order valence-corrected chi connectivity index (χ1v) is 11.3. The highest BCUT2D eigenvalue weighted by molar-refractivity contribution is 5.91. The normalized spacial score (nSPS) is 11.3. The van der Waals surface area contributed by atoms with Gasteiger partial charge in [0.2, 0.25) is 0 Å². The summed E-state index contributed by atoms with van der Waals surface area (Å²) in [6.45, 7) is 2.00. The minimum Gasteiger partial charge on any atom is -0.383 e. The number of aromatic nitrogens is 7. The number of hydrogen-bond donors (Lipinski definition) is 2. The molecule has 4 aromatic heterocycles. The van der Waals surface area contributed by atoms with E-state index in [-0.39, 0.29) is 0 Å². The third-order valence-corrected chi connectivity index (χ3v) is 6.01. The van der Waals surface area contributed by atoms with E-state index in [1.807, 2.05) is 46.0 Å². The van der Waals surface area contributed by atoms with Crippen molar-refractivity contribution < 1.29 is 0 Å². The van der Waals surface area contributed by atoms with Crippen LogP contribution in [0.25, 0.3) is 21.8 Å². The van der Waals surface area contributed by atoms with Crippen molar-refractivity contribution in [2.24, 2.45) is 0 Å². The number of pyridine rings is 1. The van der Waals surface area contributed by atoms with Crippen LogP contribution in [0.4, 0.5) is 11.6 Å². The van der Waals surface area contributed by atoms with Crippen LogP contribution in [0.5, 0.6) is 0 Å². The van der Waals surface area contributed by atoms with Gasteiger partial charge in [-0.2, -0.15) is 10.2 Å². The molecule has 3 N–H and O–H groups in total. The Labute approximate surface area is 201 Å². The Morgan fingerprint density at radius 1 is 0.800 bits per heavy atom. The zero-order valence-electron chi connectivity index (χ0n) is 18.9. The van der Waals surface area contributed by atoms with Crippen molar-refractivity contribution in [1.82, 2.24) is 34.5 Å². The minimum atomic E-state index is 0.541. The van der Waals surface area contributed by atoms with Crippen molar-refractivity contribution in [3.05, 3.63) is 102 Å². The molecule has 2 aromatic carbocycles. The molecular formula is C26H23N9. The summed E-state index contributed by atoms with van der Waals surface area (Å²) in [4.78, 5) is 13.1. The second-order valence-electron chi connectivity index (χ2n) is 8.39. The van der Waals surface area contributed by atoms with E-state index in [0.29, 0.717) is 18.9 Å². The zero-order chi connectivity index (χ0) is 23.6. The Balaban J connectivity index is 1.18. The van der Waals surface area contributed by atoms with E-state index in [1.165, 1.54) is 5.56 Å². The summed E-state index contributed by atoms with van der Waals surface area (Å²) in [7, 11) is 0. The molecule has 6 aromatic rings. The van der Waals surface area contributed by atoms with Crippen LogP contribution in [0.2, 0.25) is 0 Å². The van der Waals surface area contributed by atoms with Gasteiger partial charge in [-0.3, -0.25) is 4.68 Å². The molecule has 35 heavy (non-hydrogen) atoms. The molecule has 0 unspecified atom stereocenters. The van der Waals surface area contributed by atoms with Crippen molar-refractivity contribution in [3.63, 3.8) is 0 Å². The molecule has 0 aliphatic carbocycles. The van der Waals surface area contributed by atoms with E-state index < -0.39 is 0 Å². The number of nitrogens with one attached hydrogen (secondary N) is 1. The summed E-state index contributed by atoms with van der Waals surface area (Å²) in [6, 6.07) is 18.5. The third-order valence-electron chi connectivity index (χ3n) is 6.01. The van der Waals surface area contributed by atoms with Gasteiger partial charge in [-0.15, -0.1) is 0 Å². The molecule has 0 radical (unpaired) electrons. The van der Waals surface area contributed by atoms with Crippen LogP contribution in [0.1, 0.15) is 16.7 Å². The fourth-order valence-corrected chi connectivity index (χ4v) is 4.20. The van der Waals surface area contributed by atoms with E-state index in [0.717, 1.165) is 45.3 Å². The maximum Gasteiger partial charge on any atom is 0.163 e. The second kappa shape index (κ2) is 8.86. The number of benzene rings is 2. The highest BCUT2D eigenvalue weighted by atomic mass is 15.3. The number of anilines is 2. The van der Waals surface area contributed by atoms with Gasteiger partial charge >= 0.3 is 0 Å². The van der Waals surface area contributed by atoms with Crippen LogP contribution in [0.3, 0.4) is 0 Å². The summed E-state index contributed by atoms with van der Waals surface area (Å²) in [5.41, 5.74) is 10.2. The molecule has 172 valence electrons. The highest BCUT2D eigenvalue weighted by Gasteiger charge is 2.11. The first-order chi connectivity index (χ1) is 17.2. The van der Waals surface area contributed by atoms with Crippen molar-refractivity contribution in [1.29, 1.82) is 0 Å². The van der Waals surface area contributed by atoms with Gasteiger partial charge < -0.3 is 11.1 Å². The summed E-state index contributed by atoms with van der Waals surface area (Å²) < 4.78 is 3.81. The molecule has 0 spiro atoms. The van der Waals surface area contributed by atoms with Gasteiger partial charge in [-0.25, -0.2) is 19.6 Å². The van der Waals surface area contributed by atoms with Crippen molar-refractivity contribution in [3.8, 4) is 0 Å². The lowest BCUT2D eigenvalue weighted by atomic mass is 10.1. The van der Waals surface area contributed by atoms with Crippen LogP contribution in [0, 0.1) is 0 Å². The largest absolute Gasteiger partial charge is 0.383 e. The average molecular weight is 462 g/mol. The average Bonchev–Trinajstić information content (AvgIpc) is 3.54. The smallest absolute Gasteiger partial charge is 0.163 e. The van der Waals surface area contributed by atoms with E-state index in [9.17, 15) is 0 Å². The Morgan fingerprint density at radius 2 is 1.63 bits per heavy atom. The molecule has 0 saturated heterocycles. The maximum absolute atomic E-state index is 5.97. The Hall–Kier alpha value is -4.79. The number of fused-ring (bicyclic) bond motifs is 2. The van der Waals surface area contributed by atoms with Gasteiger partial charge in [0, 0.05) is 30.5 Å². The summed E-state index contributed by atoms with van der Waals surface area (Å²) in [5.74, 6) is 1.30. The van der Waals surface area contributed by atoms with Crippen LogP contribution in [-0.2, 0) is 19.6 Å². The van der Waals surface area contributed by atoms with Gasteiger partial charge in [-0.05, 0) is 40.3 Å². The predicted octanol–water partition coefficient (Wildman–Crippen LogP) is 3.86. The number of nitrogen functional groups attached to an aromatic ring is 1. The van der Waals surface area contributed by atoms with Gasteiger partial charge in [0.25, 0.3) is 0 Å². The molecule has 4 heterocycles. The highest BCUT2D eigenvalue weighted by Crippen LogP contribution is 2.23. The maximum atomic E-state index is 5.97. The fraction of sp³-hybridized carbons (Fsp3) is 0.115. The minimum absolute atomic E-state index is 0.541. The molecule has 6 rings (SSSR count). The predicted molar refractivity (Wildman–Crippen MR) is 136 cm³/mol. The molecule has 0 amide bonds. The molecule has 0 fully saturated rings. The summed E-state index contributed by atoms with van der Waals surface area (Å²) >= 11 is 0. The van der Waals surface area contributed by atoms with Gasteiger partial charge in [0.15, 0.2) is 5.65 Å². The first-order valence-electron chi connectivity index (χ1n) is 11.3. The first kappa shape index (κ1) is 20.8. The quantitative estimate of drug-likeness (QED) is 0.371. The van der Waals surface area contributed by atoms with E-state index in [4.69, 9.17) is 5.73 Å². The summed E-state index contributed by atoms with van der Waals surface area (Å²) in [5, 5.41) is 15.2. The lowest BCUT2D eigenvalue weighted by Gasteiger charge is -2.09. The van der Waals surface area contributed by atoms with Gasteiger partial charge in [0.1, 0.15) is 18.0 Å². The molecule has 0 aliphatic rings. The Morgan fingerprint density at radius 3 is 2.46 bits per heavy atom. The number of nitrogens with zero attached hydrogens (tertiary/aromatic N) is 7. The zero-order valence-corrected chi connectivity index (χ0v) is 18.9. The Kier molecular flexibility index (Phi) is 5.27. The monoisotopic (exact) mass is 461 g/mol. The van der Waals surface area contributed by atoms with Crippen molar-refractivity contribution >= 4 is 33.4 Å². The molecule has 0 saturated carbocycles. The molecule has 0 atom stereocenters. The molecule has 9 heteroatoms. The molecule has 0 aliphatic heterocycles. The number of rotatable bonds is 7. The van der Waals surface area contributed by atoms with Crippen molar-refractivity contribution in [2.75, 3.05) is 11.1 Å². The van der Waals surface area contributed by atoms with E-state index in [1.54, 1.807) is 18.7 Å². The molecular weight excluding hydrogens is 438 g/mol. The van der Waals surface area contributed by atoms with Crippen LogP contribution < -0.4 is 11.1 Å². The van der Waals surface area contributed by atoms with Gasteiger partial charge in [0.05, 0.1) is 24.7 Å². The molecule has 9 nitrogen and oxygen atoms in total. The van der Waals surface area contributed by atoms with Crippen LogP contribution >= 0.6 is 0 Å². The van der Waals surface area contributed by atoms with E-state index >= 15 is 0 Å². The van der Waals surface area contributed by atoms with Gasteiger partial charge in [-0.1, -0.05) is 36.4 Å². The van der Waals surface area contributed by atoms with Crippen LogP contribution in [0.15, 0.2) is 85.7 Å². The Bertz CT molecular complexity index is 1600. The fourth-order valence-electron chi connectivity index (χ4n) is 4.20. The van der Waals surface area contributed by atoms with Crippen LogP contribution in [-0.4, -0.2) is 34.5 Å². The van der Waals surface area contributed by atoms with E-state index in [2.05, 4.69) is 60.8 Å². The summed E-state index contributed by atoms with van der Waals surface area (Å²) in [6.07, 6.45) is 8.87. The number of nitrogens with two attached hydrogens (primary N) is 1. The number of hydrogen-bond acceptors (Lipinski definition) is 7. The molecule has 0 bridgehead atoms. The second-order valence-corrected chi connectivity index (χ2v) is 8.39. The lowest BCUT2D eigenvalue weighted by Crippen LogP contribution is -2.05. The van der Waals surface area contributed by atoms with Crippen molar-refractivity contribution in [2.45, 2.75) is 19.6 Å². The SMILES string of the molecule is Nc1nccc2cc(CNc3ncnc4c3cnn4Cc3ccc(Cn4cccn4)cc3)ccc12.